The second-order valence-corrected chi connectivity index (χ2v) is 4.76. The lowest BCUT2D eigenvalue weighted by Gasteiger charge is -2.27. The molecule has 4 nitrogen and oxygen atoms in total. The Morgan fingerprint density at radius 3 is 2.61 bits per heavy atom. The molecule has 4 heteroatoms. The molecule has 0 bridgehead atoms. The fourth-order valence-corrected chi connectivity index (χ4v) is 1.87. The lowest BCUT2D eigenvalue weighted by atomic mass is 10.1. The average molecular weight is 250 g/mol. The zero-order valence-electron chi connectivity index (χ0n) is 11.3. The highest BCUT2D eigenvalue weighted by Gasteiger charge is 2.20. The van der Waals surface area contributed by atoms with Crippen molar-refractivity contribution in [3.8, 4) is 0 Å². The summed E-state index contributed by atoms with van der Waals surface area (Å²) in [4.78, 5) is 14.1. The minimum Gasteiger partial charge on any atom is -0.398 e. The van der Waals surface area contributed by atoms with Crippen molar-refractivity contribution in [3.05, 3.63) is 29.3 Å². The van der Waals surface area contributed by atoms with Crippen LogP contribution in [0.15, 0.2) is 18.2 Å². The van der Waals surface area contributed by atoms with Gasteiger partial charge >= 0.3 is 0 Å². The van der Waals surface area contributed by atoms with Gasteiger partial charge < -0.3 is 15.7 Å². The summed E-state index contributed by atoms with van der Waals surface area (Å²) in [6.07, 6.45) is 0.579. The number of amides is 1. The molecule has 0 aliphatic carbocycles. The second kappa shape index (κ2) is 6.40. The van der Waals surface area contributed by atoms with E-state index < -0.39 is 0 Å². The van der Waals surface area contributed by atoms with Crippen LogP contribution < -0.4 is 5.73 Å². The average Bonchev–Trinajstić information content (AvgIpc) is 2.28. The molecule has 0 saturated carbocycles. The maximum atomic E-state index is 12.4. The molecule has 0 fully saturated rings. The minimum atomic E-state index is -0.0732. The molecule has 0 saturated heterocycles. The molecule has 1 amide bonds. The van der Waals surface area contributed by atoms with E-state index in [1.54, 1.807) is 17.0 Å². The first-order chi connectivity index (χ1) is 8.47. The van der Waals surface area contributed by atoms with Gasteiger partial charge in [0.25, 0.3) is 5.91 Å². The number of carbonyl (C=O) groups is 1. The number of nitrogens with two attached hydrogens (primary N) is 1. The van der Waals surface area contributed by atoms with Crippen molar-refractivity contribution in [1.29, 1.82) is 0 Å². The van der Waals surface area contributed by atoms with Crippen LogP contribution in [0.3, 0.4) is 0 Å². The largest absolute Gasteiger partial charge is 0.398 e. The van der Waals surface area contributed by atoms with E-state index in [0.29, 0.717) is 24.2 Å². The monoisotopic (exact) mass is 250 g/mol. The first-order valence-corrected chi connectivity index (χ1v) is 6.25. The van der Waals surface area contributed by atoms with Crippen molar-refractivity contribution in [2.45, 2.75) is 33.2 Å². The number of nitrogens with zero attached hydrogens (tertiary/aromatic N) is 1. The van der Waals surface area contributed by atoms with E-state index in [1.165, 1.54) is 0 Å². The molecular formula is C14H22N2O2. The highest BCUT2D eigenvalue weighted by molar-refractivity contribution is 5.99. The van der Waals surface area contributed by atoms with Gasteiger partial charge in [0.15, 0.2) is 0 Å². The fourth-order valence-electron chi connectivity index (χ4n) is 1.87. The Balaban J connectivity index is 2.94. The summed E-state index contributed by atoms with van der Waals surface area (Å²) in [7, 11) is 0. The predicted octanol–water partition coefficient (Wildman–Crippen LogP) is 1.81. The molecule has 3 N–H and O–H groups in total. The first-order valence-electron chi connectivity index (χ1n) is 6.25. The lowest BCUT2D eigenvalue weighted by molar-refractivity contribution is 0.0694. The molecule has 0 aromatic heterocycles. The number of aryl methyl sites for hydroxylation is 1. The quantitative estimate of drug-likeness (QED) is 0.783. The maximum Gasteiger partial charge on any atom is 0.256 e. The van der Waals surface area contributed by atoms with Crippen LogP contribution >= 0.6 is 0 Å². The molecule has 1 rings (SSSR count). The van der Waals surface area contributed by atoms with Crippen molar-refractivity contribution in [2.24, 2.45) is 0 Å². The van der Waals surface area contributed by atoms with Gasteiger partial charge in [0.2, 0.25) is 0 Å². The number of hydrogen-bond acceptors (Lipinski definition) is 3. The number of aliphatic hydroxyl groups is 1. The van der Waals surface area contributed by atoms with Crippen molar-refractivity contribution >= 4 is 11.6 Å². The highest BCUT2D eigenvalue weighted by Crippen LogP contribution is 2.17. The molecule has 0 unspecified atom stereocenters. The smallest absolute Gasteiger partial charge is 0.256 e. The minimum absolute atomic E-state index is 0.0732. The molecule has 1 aromatic carbocycles. The molecule has 0 radical (unpaired) electrons. The van der Waals surface area contributed by atoms with E-state index in [1.807, 2.05) is 26.8 Å². The molecule has 18 heavy (non-hydrogen) atoms. The van der Waals surface area contributed by atoms with Crippen molar-refractivity contribution < 1.29 is 9.90 Å². The van der Waals surface area contributed by atoms with E-state index in [4.69, 9.17) is 10.8 Å². The summed E-state index contributed by atoms with van der Waals surface area (Å²) in [6.45, 7) is 6.48. The third kappa shape index (κ3) is 3.47. The van der Waals surface area contributed by atoms with Crippen LogP contribution in [0.25, 0.3) is 0 Å². The van der Waals surface area contributed by atoms with Crippen molar-refractivity contribution in [3.63, 3.8) is 0 Å². The molecule has 0 aliphatic rings. The summed E-state index contributed by atoms with van der Waals surface area (Å²) in [5.41, 5.74) is 7.97. The van der Waals surface area contributed by atoms with Gasteiger partial charge in [0.05, 0.1) is 5.56 Å². The summed E-state index contributed by atoms with van der Waals surface area (Å²) < 4.78 is 0. The van der Waals surface area contributed by atoms with E-state index in [9.17, 15) is 4.79 Å². The van der Waals surface area contributed by atoms with E-state index in [-0.39, 0.29) is 18.6 Å². The third-order valence-electron chi connectivity index (χ3n) is 2.88. The van der Waals surface area contributed by atoms with Crippen molar-refractivity contribution in [2.75, 3.05) is 18.9 Å². The van der Waals surface area contributed by atoms with E-state index >= 15 is 0 Å². The Kier molecular flexibility index (Phi) is 5.16. The molecule has 0 atom stereocenters. The number of hydrogen-bond donors (Lipinski definition) is 2. The second-order valence-electron chi connectivity index (χ2n) is 4.76. The molecule has 0 spiro atoms. The zero-order valence-corrected chi connectivity index (χ0v) is 11.3. The summed E-state index contributed by atoms with van der Waals surface area (Å²) in [6, 6.07) is 5.54. The van der Waals surface area contributed by atoms with E-state index in [0.717, 1.165) is 5.56 Å². The number of nitrogen functional groups attached to an aromatic ring is 1. The number of aliphatic hydroxyl groups excluding tert-OH is 1. The van der Waals surface area contributed by atoms with Crippen LogP contribution in [0.1, 0.15) is 36.2 Å². The van der Waals surface area contributed by atoms with Gasteiger partial charge in [-0.25, -0.2) is 0 Å². The van der Waals surface area contributed by atoms with Gasteiger partial charge in [-0.15, -0.1) is 0 Å². The zero-order chi connectivity index (χ0) is 13.7. The number of anilines is 1. The number of rotatable bonds is 5. The summed E-state index contributed by atoms with van der Waals surface area (Å²) >= 11 is 0. The Morgan fingerprint density at radius 2 is 2.11 bits per heavy atom. The Labute approximate surface area is 108 Å². The van der Waals surface area contributed by atoms with Crippen LogP contribution in [0.4, 0.5) is 5.69 Å². The molecule has 1 aromatic rings. The fraction of sp³-hybridized carbons (Fsp3) is 0.500. The van der Waals surface area contributed by atoms with Crippen molar-refractivity contribution in [1.82, 2.24) is 4.90 Å². The van der Waals surface area contributed by atoms with Crippen LogP contribution in [0.5, 0.6) is 0 Å². The van der Waals surface area contributed by atoms with Gasteiger partial charge in [0, 0.05) is 24.9 Å². The number of carbonyl (C=O) groups excluding carboxylic acids is 1. The van der Waals surface area contributed by atoms with Gasteiger partial charge in [-0.05, 0) is 44.9 Å². The lowest BCUT2D eigenvalue weighted by Crippen LogP contribution is -2.38. The van der Waals surface area contributed by atoms with Crippen LogP contribution in [0, 0.1) is 6.92 Å². The van der Waals surface area contributed by atoms with Gasteiger partial charge in [-0.1, -0.05) is 6.07 Å². The van der Waals surface area contributed by atoms with Gasteiger partial charge in [0.1, 0.15) is 0 Å². The molecular weight excluding hydrogens is 228 g/mol. The first kappa shape index (κ1) is 14.5. The Morgan fingerprint density at radius 1 is 1.44 bits per heavy atom. The number of benzene rings is 1. The normalized spacial score (nSPS) is 10.7. The molecule has 0 heterocycles. The summed E-state index contributed by atoms with van der Waals surface area (Å²) in [5, 5.41) is 8.88. The Bertz CT molecular complexity index is 416. The SMILES string of the molecule is Cc1ccc(C(=O)N(CCCO)C(C)C)c(N)c1. The van der Waals surface area contributed by atoms with Crippen LogP contribution in [-0.2, 0) is 0 Å². The van der Waals surface area contributed by atoms with Gasteiger partial charge in [-0.3, -0.25) is 4.79 Å². The Hall–Kier alpha value is -1.55. The molecule has 0 aliphatic heterocycles. The van der Waals surface area contributed by atoms with E-state index in [2.05, 4.69) is 0 Å². The maximum absolute atomic E-state index is 12.4. The topological polar surface area (TPSA) is 66.6 Å². The standard InChI is InChI=1S/C14H22N2O2/c1-10(2)16(7-4-8-17)14(18)12-6-5-11(3)9-13(12)15/h5-6,9-10,17H,4,7-8,15H2,1-3H3. The predicted molar refractivity (Wildman–Crippen MR) is 73.5 cm³/mol. The van der Waals surface area contributed by atoms with Gasteiger partial charge in [-0.2, -0.15) is 0 Å². The highest BCUT2D eigenvalue weighted by atomic mass is 16.3. The van der Waals surface area contributed by atoms with Crippen LogP contribution in [-0.4, -0.2) is 35.1 Å². The molecule has 100 valence electrons. The third-order valence-corrected chi connectivity index (χ3v) is 2.88. The van der Waals surface area contributed by atoms with Crippen LogP contribution in [0.2, 0.25) is 0 Å². The summed E-state index contributed by atoms with van der Waals surface area (Å²) in [5.74, 6) is -0.0732.